The van der Waals surface area contributed by atoms with Gasteiger partial charge in [-0.1, -0.05) is 17.7 Å². The lowest BCUT2D eigenvalue weighted by atomic mass is 10.1. The van der Waals surface area contributed by atoms with E-state index in [1.165, 1.54) is 5.01 Å². The number of aromatic nitrogens is 1. The lowest BCUT2D eigenvalue weighted by Crippen LogP contribution is -2.55. The van der Waals surface area contributed by atoms with Crippen molar-refractivity contribution >= 4 is 11.8 Å². The molecule has 23 heavy (non-hydrogen) atoms. The molecular weight excluding hydrogens is 290 g/mol. The molecule has 0 spiro atoms. The van der Waals surface area contributed by atoms with Crippen molar-refractivity contribution in [2.75, 3.05) is 0 Å². The van der Waals surface area contributed by atoms with E-state index < -0.39 is 5.54 Å². The number of hydrogen-bond donors (Lipinski definition) is 1. The van der Waals surface area contributed by atoms with E-state index in [4.69, 9.17) is 0 Å². The van der Waals surface area contributed by atoms with Crippen LogP contribution in [0, 0.1) is 6.92 Å². The van der Waals surface area contributed by atoms with Crippen molar-refractivity contribution in [2.45, 2.75) is 33.2 Å². The summed E-state index contributed by atoms with van der Waals surface area (Å²) < 4.78 is 0. The van der Waals surface area contributed by atoms with Crippen LogP contribution in [0.2, 0.25) is 0 Å². The molecule has 0 aliphatic heterocycles. The number of hydrogen-bond acceptors (Lipinski definition) is 3. The van der Waals surface area contributed by atoms with Crippen molar-refractivity contribution in [1.29, 1.82) is 0 Å². The zero-order valence-corrected chi connectivity index (χ0v) is 13.8. The van der Waals surface area contributed by atoms with Crippen molar-refractivity contribution in [3.05, 3.63) is 65.5 Å². The summed E-state index contributed by atoms with van der Waals surface area (Å²) in [7, 11) is 0. The predicted octanol–water partition coefficient (Wildman–Crippen LogP) is 2.98. The normalized spacial score (nSPS) is 11.0. The first-order valence-electron chi connectivity index (χ1n) is 7.41. The van der Waals surface area contributed by atoms with Gasteiger partial charge in [-0.15, -0.1) is 0 Å². The fourth-order valence-corrected chi connectivity index (χ4v) is 2.10. The highest BCUT2D eigenvalue weighted by Crippen LogP contribution is 2.15. The Bertz CT molecular complexity index is 706. The van der Waals surface area contributed by atoms with E-state index in [1.54, 1.807) is 36.7 Å². The van der Waals surface area contributed by atoms with Crippen LogP contribution in [0.1, 0.15) is 47.1 Å². The molecule has 0 bridgehead atoms. The van der Waals surface area contributed by atoms with Gasteiger partial charge in [0.15, 0.2) is 0 Å². The summed E-state index contributed by atoms with van der Waals surface area (Å²) in [4.78, 5) is 29.1. The summed E-state index contributed by atoms with van der Waals surface area (Å²) in [5, 5.41) is 1.35. The molecule has 1 aromatic heterocycles. The third-order valence-corrected chi connectivity index (χ3v) is 3.29. The van der Waals surface area contributed by atoms with Crippen LogP contribution in [0.3, 0.4) is 0 Å². The Balaban J connectivity index is 2.27. The summed E-state index contributed by atoms with van der Waals surface area (Å²) in [5.74, 6) is -0.591. The molecule has 0 aliphatic rings. The molecule has 0 fully saturated rings. The number of hydrazine groups is 1. The highest BCUT2D eigenvalue weighted by molar-refractivity contribution is 5.99. The molecule has 1 heterocycles. The summed E-state index contributed by atoms with van der Waals surface area (Å²) >= 11 is 0. The lowest BCUT2D eigenvalue weighted by molar-refractivity contribution is 0.0358. The molecule has 120 valence electrons. The summed E-state index contributed by atoms with van der Waals surface area (Å²) in [6, 6.07) is 10.5. The maximum absolute atomic E-state index is 12.7. The van der Waals surface area contributed by atoms with Gasteiger partial charge in [0, 0.05) is 23.5 Å². The number of aryl methyl sites for hydroxylation is 1. The number of rotatable bonds is 2. The second kappa shape index (κ2) is 6.60. The molecule has 0 radical (unpaired) electrons. The maximum Gasteiger partial charge on any atom is 0.272 e. The minimum absolute atomic E-state index is 0.277. The number of nitrogens with zero attached hydrogens (tertiary/aromatic N) is 2. The number of amides is 2. The highest BCUT2D eigenvalue weighted by atomic mass is 16.2. The van der Waals surface area contributed by atoms with E-state index >= 15 is 0 Å². The van der Waals surface area contributed by atoms with Crippen LogP contribution in [-0.2, 0) is 0 Å². The molecule has 0 unspecified atom stereocenters. The topological polar surface area (TPSA) is 62.3 Å². The van der Waals surface area contributed by atoms with Gasteiger partial charge < -0.3 is 0 Å². The zero-order chi connectivity index (χ0) is 17.0. The molecule has 0 saturated carbocycles. The van der Waals surface area contributed by atoms with Gasteiger partial charge in [0.2, 0.25) is 0 Å². The largest absolute Gasteiger partial charge is 0.272 e. The zero-order valence-electron chi connectivity index (χ0n) is 13.8. The van der Waals surface area contributed by atoms with Crippen molar-refractivity contribution < 1.29 is 9.59 Å². The molecule has 1 aromatic carbocycles. The molecule has 5 heteroatoms. The first-order chi connectivity index (χ1) is 10.8. The Morgan fingerprint density at radius 3 is 2.26 bits per heavy atom. The minimum Gasteiger partial charge on any atom is -0.267 e. The van der Waals surface area contributed by atoms with E-state index in [0.717, 1.165) is 5.56 Å². The van der Waals surface area contributed by atoms with Gasteiger partial charge in [0.1, 0.15) is 0 Å². The Kier molecular flexibility index (Phi) is 4.79. The number of nitrogens with one attached hydrogen (secondary N) is 1. The molecule has 5 nitrogen and oxygen atoms in total. The average molecular weight is 311 g/mol. The molecule has 2 aromatic rings. The Morgan fingerprint density at radius 2 is 1.70 bits per heavy atom. The van der Waals surface area contributed by atoms with Crippen molar-refractivity contribution in [1.82, 2.24) is 15.4 Å². The van der Waals surface area contributed by atoms with Gasteiger partial charge in [0.25, 0.3) is 11.8 Å². The third-order valence-electron chi connectivity index (χ3n) is 3.29. The van der Waals surface area contributed by atoms with Crippen LogP contribution < -0.4 is 5.43 Å². The summed E-state index contributed by atoms with van der Waals surface area (Å²) in [6.45, 7) is 7.51. The van der Waals surface area contributed by atoms with Gasteiger partial charge >= 0.3 is 0 Å². The van der Waals surface area contributed by atoms with Gasteiger partial charge in [-0.05, 0) is 52.0 Å². The van der Waals surface area contributed by atoms with Crippen molar-refractivity contribution in [2.24, 2.45) is 0 Å². The first-order valence-corrected chi connectivity index (χ1v) is 7.41. The standard InChI is InChI=1S/C18H21N3O2/c1-13-6-5-7-15(12-13)16(22)20-21(18(2,3)4)17(23)14-8-10-19-11-9-14/h5-12H,1-4H3,(H,20,22). The number of carbonyl (C=O) groups is 2. The fourth-order valence-electron chi connectivity index (χ4n) is 2.10. The van der Waals surface area contributed by atoms with Crippen LogP contribution in [0.4, 0.5) is 0 Å². The van der Waals surface area contributed by atoms with Gasteiger partial charge in [-0.2, -0.15) is 0 Å². The molecule has 0 saturated heterocycles. The first kappa shape index (κ1) is 16.7. The predicted molar refractivity (Wildman–Crippen MR) is 88.8 cm³/mol. The molecule has 2 rings (SSSR count). The Labute approximate surface area is 136 Å². The van der Waals surface area contributed by atoms with E-state index in [-0.39, 0.29) is 11.8 Å². The summed E-state index contributed by atoms with van der Waals surface area (Å²) in [6.07, 6.45) is 3.10. The minimum atomic E-state index is -0.570. The van der Waals surface area contributed by atoms with E-state index in [1.807, 2.05) is 39.8 Å². The maximum atomic E-state index is 12.7. The van der Waals surface area contributed by atoms with Gasteiger partial charge in [-0.3, -0.25) is 20.0 Å². The van der Waals surface area contributed by atoms with Crippen molar-refractivity contribution in [3.8, 4) is 0 Å². The monoisotopic (exact) mass is 311 g/mol. The van der Waals surface area contributed by atoms with Gasteiger partial charge in [0.05, 0.1) is 5.54 Å². The van der Waals surface area contributed by atoms with Crippen LogP contribution in [0.25, 0.3) is 0 Å². The smallest absolute Gasteiger partial charge is 0.267 e. The Hall–Kier alpha value is -2.69. The lowest BCUT2D eigenvalue weighted by Gasteiger charge is -2.35. The van der Waals surface area contributed by atoms with E-state index in [2.05, 4.69) is 10.4 Å². The number of benzene rings is 1. The second-order valence-corrected chi connectivity index (χ2v) is 6.36. The molecule has 0 atom stereocenters. The Morgan fingerprint density at radius 1 is 1.04 bits per heavy atom. The van der Waals surface area contributed by atoms with Crippen molar-refractivity contribution in [3.63, 3.8) is 0 Å². The average Bonchev–Trinajstić information content (AvgIpc) is 2.51. The SMILES string of the molecule is Cc1cccc(C(=O)NN(C(=O)c2ccncc2)C(C)(C)C)c1. The quantitative estimate of drug-likeness (QED) is 0.867. The molecule has 2 amide bonds. The fraction of sp³-hybridized carbons (Fsp3) is 0.278. The third kappa shape index (κ3) is 4.16. The molecular formula is C18H21N3O2. The van der Waals surface area contributed by atoms with E-state index in [9.17, 15) is 9.59 Å². The number of pyridine rings is 1. The van der Waals surface area contributed by atoms with Crippen LogP contribution in [-0.4, -0.2) is 27.3 Å². The summed E-state index contributed by atoms with van der Waals surface area (Å²) in [5.41, 5.74) is 4.13. The highest BCUT2D eigenvalue weighted by Gasteiger charge is 2.29. The second-order valence-electron chi connectivity index (χ2n) is 6.36. The van der Waals surface area contributed by atoms with Crippen LogP contribution in [0.15, 0.2) is 48.8 Å². The number of carbonyl (C=O) groups excluding carboxylic acids is 2. The van der Waals surface area contributed by atoms with Gasteiger partial charge in [-0.25, -0.2) is 5.01 Å². The van der Waals surface area contributed by atoms with Crippen LogP contribution in [0.5, 0.6) is 0 Å². The molecule has 1 N–H and O–H groups in total. The van der Waals surface area contributed by atoms with Crippen LogP contribution >= 0.6 is 0 Å². The molecule has 0 aliphatic carbocycles. The van der Waals surface area contributed by atoms with E-state index in [0.29, 0.717) is 11.1 Å².